The number of allylic oxidation sites excluding steroid dienone is 1. The van der Waals surface area contributed by atoms with E-state index >= 15 is 0 Å². The van der Waals surface area contributed by atoms with Crippen LogP contribution in [0.2, 0.25) is 5.02 Å². The number of pyridine rings is 1. The van der Waals surface area contributed by atoms with Crippen molar-refractivity contribution in [3.63, 3.8) is 0 Å². The Bertz CT molecular complexity index is 1110. The first-order valence-corrected chi connectivity index (χ1v) is 11.3. The molecule has 1 aromatic heterocycles. The van der Waals surface area contributed by atoms with Crippen LogP contribution in [0.1, 0.15) is 52.6 Å². The molecule has 0 spiro atoms. The van der Waals surface area contributed by atoms with Gasteiger partial charge in [0.1, 0.15) is 5.78 Å². The van der Waals surface area contributed by atoms with Gasteiger partial charge in [-0.15, -0.1) is 0 Å². The van der Waals surface area contributed by atoms with Crippen molar-refractivity contribution in [2.24, 2.45) is 11.8 Å². The van der Waals surface area contributed by atoms with Crippen LogP contribution in [-0.4, -0.2) is 34.7 Å². The van der Waals surface area contributed by atoms with Crippen molar-refractivity contribution in [1.82, 2.24) is 9.88 Å². The third kappa shape index (κ3) is 4.09. The molecule has 158 valence electrons. The number of rotatable bonds is 5. The smallest absolute Gasteiger partial charge is 0.254 e. The van der Waals surface area contributed by atoms with Gasteiger partial charge < -0.3 is 4.90 Å². The van der Waals surface area contributed by atoms with E-state index in [1.807, 2.05) is 4.90 Å². The number of halogens is 1. The Hall–Kier alpha value is -2.72. The maximum atomic E-state index is 12.9. The lowest BCUT2D eigenvalue weighted by Gasteiger charge is -2.32. The van der Waals surface area contributed by atoms with Gasteiger partial charge in [-0.25, -0.2) is 0 Å². The van der Waals surface area contributed by atoms with Gasteiger partial charge in [-0.3, -0.25) is 14.6 Å². The summed E-state index contributed by atoms with van der Waals surface area (Å²) >= 11 is 5.96. The van der Waals surface area contributed by atoms with Crippen LogP contribution in [0.15, 0.2) is 42.5 Å². The summed E-state index contributed by atoms with van der Waals surface area (Å²) in [6.45, 7) is 3.39. The SMILES string of the molecule is CC1CN(C(=O)c2ccc(Cl)cc2)CC=C1c1cc(CC(=O)C2CC2)nc2c1C=CC2. The molecular formula is C26H25ClN2O2. The molecule has 2 aliphatic carbocycles. The van der Waals surface area contributed by atoms with E-state index in [-0.39, 0.29) is 17.7 Å². The van der Waals surface area contributed by atoms with E-state index in [9.17, 15) is 9.59 Å². The summed E-state index contributed by atoms with van der Waals surface area (Å²) in [6, 6.07) is 9.16. The van der Waals surface area contributed by atoms with Gasteiger partial charge in [0, 0.05) is 53.7 Å². The predicted molar refractivity (Wildman–Crippen MR) is 123 cm³/mol. The van der Waals surface area contributed by atoms with Crippen molar-refractivity contribution in [2.45, 2.75) is 32.6 Å². The van der Waals surface area contributed by atoms with Crippen molar-refractivity contribution in [3.8, 4) is 0 Å². The summed E-state index contributed by atoms with van der Waals surface area (Å²) in [5.41, 5.74) is 6.17. The van der Waals surface area contributed by atoms with Crippen LogP contribution < -0.4 is 0 Å². The molecule has 1 saturated carbocycles. The van der Waals surface area contributed by atoms with E-state index in [1.165, 1.54) is 11.1 Å². The van der Waals surface area contributed by atoms with Crippen LogP contribution in [0.25, 0.3) is 11.6 Å². The topological polar surface area (TPSA) is 50.3 Å². The Morgan fingerprint density at radius 1 is 1.19 bits per heavy atom. The number of carbonyl (C=O) groups is 2. The number of aromatic nitrogens is 1. The minimum atomic E-state index is 0.0226. The number of benzene rings is 1. The molecule has 4 nitrogen and oxygen atoms in total. The van der Waals surface area contributed by atoms with Gasteiger partial charge in [0.15, 0.2) is 0 Å². The van der Waals surface area contributed by atoms with Crippen molar-refractivity contribution in [2.75, 3.05) is 13.1 Å². The second-order valence-electron chi connectivity index (χ2n) is 8.82. The molecule has 1 aliphatic heterocycles. The lowest BCUT2D eigenvalue weighted by molar-refractivity contribution is -0.119. The molecule has 1 atom stereocenters. The number of Topliss-reactive ketones (excluding diaryl/α,β-unsaturated/α-hetero) is 1. The van der Waals surface area contributed by atoms with Crippen LogP contribution >= 0.6 is 11.6 Å². The van der Waals surface area contributed by atoms with Crippen LogP contribution in [0.5, 0.6) is 0 Å². The molecule has 5 rings (SSSR count). The van der Waals surface area contributed by atoms with E-state index in [0.717, 1.165) is 36.2 Å². The molecule has 2 aromatic rings. The number of hydrogen-bond acceptors (Lipinski definition) is 3. The Morgan fingerprint density at radius 2 is 1.97 bits per heavy atom. The van der Waals surface area contributed by atoms with E-state index in [4.69, 9.17) is 16.6 Å². The van der Waals surface area contributed by atoms with Crippen molar-refractivity contribution >= 4 is 34.9 Å². The highest BCUT2D eigenvalue weighted by Crippen LogP contribution is 2.36. The zero-order valence-corrected chi connectivity index (χ0v) is 18.4. The highest BCUT2D eigenvalue weighted by Gasteiger charge is 2.31. The maximum absolute atomic E-state index is 12.9. The fourth-order valence-corrected chi connectivity index (χ4v) is 4.71. The summed E-state index contributed by atoms with van der Waals surface area (Å²) in [5, 5.41) is 0.626. The summed E-state index contributed by atoms with van der Waals surface area (Å²) < 4.78 is 0. The van der Waals surface area contributed by atoms with Gasteiger partial charge in [-0.2, -0.15) is 0 Å². The highest BCUT2D eigenvalue weighted by molar-refractivity contribution is 6.30. The van der Waals surface area contributed by atoms with Crippen LogP contribution in [0, 0.1) is 11.8 Å². The normalized spacial score (nSPS) is 19.9. The van der Waals surface area contributed by atoms with Crippen molar-refractivity contribution in [1.29, 1.82) is 0 Å². The highest BCUT2D eigenvalue weighted by atomic mass is 35.5. The Morgan fingerprint density at radius 3 is 2.68 bits per heavy atom. The quantitative estimate of drug-likeness (QED) is 0.667. The van der Waals surface area contributed by atoms with Crippen molar-refractivity contribution in [3.05, 3.63) is 75.6 Å². The summed E-state index contributed by atoms with van der Waals surface area (Å²) in [5.74, 6) is 0.776. The minimum Gasteiger partial charge on any atom is -0.334 e. The Balaban J connectivity index is 1.41. The number of carbonyl (C=O) groups excluding carboxylic acids is 2. The number of amides is 1. The predicted octanol–water partition coefficient (Wildman–Crippen LogP) is 5.00. The van der Waals surface area contributed by atoms with Gasteiger partial charge in [0.2, 0.25) is 0 Å². The molecule has 0 N–H and O–H groups in total. The number of nitrogens with zero attached hydrogens (tertiary/aromatic N) is 2. The molecule has 1 unspecified atom stereocenters. The van der Waals surface area contributed by atoms with Gasteiger partial charge in [0.25, 0.3) is 5.91 Å². The summed E-state index contributed by atoms with van der Waals surface area (Å²) in [4.78, 5) is 32.0. The lowest BCUT2D eigenvalue weighted by Crippen LogP contribution is -2.38. The molecule has 31 heavy (non-hydrogen) atoms. The third-order valence-electron chi connectivity index (χ3n) is 6.42. The fraction of sp³-hybridized carbons (Fsp3) is 0.346. The molecule has 0 radical (unpaired) electrons. The molecule has 5 heteroatoms. The first-order valence-electron chi connectivity index (χ1n) is 11.0. The van der Waals surface area contributed by atoms with E-state index in [0.29, 0.717) is 35.9 Å². The molecule has 0 bridgehead atoms. The van der Waals surface area contributed by atoms with Gasteiger partial charge >= 0.3 is 0 Å². The minimum absolute atomic E-state index is 0.0226. The number of hydrogen-bond donors (Lipinski definition) is 0. The molecule has 1 aromatic carbocycles. The molecule has 1 fully saturated rings. The lowest BCUT2D eigenvalue weighted by atomic mass is 9.87. The molecule has 0 saturated heterocycles. The van der Waals surface area contributed by atoms with E-state index < -0.39 is 0 Å². The second kappa shape index (κ2) is 8.08. The zero-order chi connectivity index (χ0) is 21.5. The molecule has 3 aliphatic rings. The first kappa shape index (κ1) is 20.2. The number of fused-ring (bicyclic) bond motifs is 1. The second-order valence-corrected chi connectivity index (χ2v) is 9.26. The summed E-state index contributed by atoms with van der Waals surface area (Å²) in [7, 11) is 0. The number of ketones is 1. The van der Waals surface area contributed by atoms with Gasteiger partial charge in [0.05, 0.1) is 5.69 Å². The Labute approximate surface area is 187 Å². The third-order valence-corrected chi connectivity index (χ3v) is 6.67. The summed E-state index contributed by atoms with van der Waals surface area (Å²) in [6.07, 6.45) is 9.73. The van der Waals surface area contributed by atoms with Crippen LogP contribution in [0.4, 0.5) is 0 Å². The molecule has 2 heterocycles. The zero-order valence-electron chi connectivity index (χ0n) is 17.6. The van der Waals surface area contributed by atoms with E-state index in [2.05, 4.69) is 31.2 Å². The van der Waals surface area contributed by atoms with Crippen LogP contribution in [-0.2, 0) is 17.6 Å². The first-order chi connectivity index (χ1) is 15.0. The van der Waals surface area contributed by atoms with Crippen LogP contribution in [0.3, 0.4) is 0 Å². The average molecular weight is 433 g/mol. The average Bonchev–Trinajstić information content (AvgIpc) is 3.51. The monoisotopic (exact) mass is 432 g/mol. The Kier molecular flexibility index (Phi) is 5.27. The van der Waals surface area contributed by atoms with Gasteiger partial charge in [-0.1, -0.05) is 36.8 Å². The van der Waals surface area contributed by atoms with Crippen molar-refractivity contribution < 1.29 is 9.59 Å². The molecule has 1 amide bonds. The fourth-order valence-electron chi connectivity index (χ4n) is 4.58. The largest absolute Gasteiger partial charge is 0.334 e. The van der Waals surface area contributed by atoms with Gasteiger partial charge in [-0.05, 0) is 60.2 Å². The maximum Gasteiger partial charge on any atom is 0.254 e. The van der Waals surface area contributed by atoms with E-state index in [1.54, 1.807) is 24.3 Å². The standard InChI is InChI=1S/C26H25ClN2O2/c1-16-15-29(26(31)18-7-9-19(27)10-8-18)12-11-21(16)23-13-20(14-25(30)17-5-6-17)28-24-4-2-3-22(23)24/h2-3,7-11,13,16-17H,4-6,12,14-15H2,1H3. The molecular weight excluding hydrogens is 408 g/mol.